The summed E-state index contributed by atoms with van der Waals surface area (Å²) in [4.78, 5) is 23.6. The van der Waals surface area contributed by atoms with Crippen molar-refractivity contribution >= 4 is 12.1 Å². The zero-order valence-corrected chi connectivity index (χ0v) is 10.3. The molecule has 92 valence electrons. The summed E-state index contributed by atoms with van der Waals surface area (Å²) < 4.78 is 0. The van der Waals surface area contributed by atoms with Crippen molar-refractivity contribution in [2.45, 2.75) is 52.6 Å². The van der Waals surface area contributed by atoms with E-state index in [2.05, 4.69) is 10.2 Å². The van der Waals surface area contributed by atoms with Gasteiger partial charge in [-0.1, -0.05) is 19.0 Å². The lowest BCUT2D eigenvalue weighted by atomic mass is 10.2. The summed E-state index contributed by atoms with van der Waals surface area (Å²) >= 11 is 0. The number of urea groups is 2. The third-order valence-corrected chi connectivity index (χ3v) is 2.41. The molecule has 0 radical (unpaired) electrons. The maximum absolute atomic E-state index is 11.6. The van der Waals surface area contributed by atoms with E-state index in [9.17, 15) is 9.59 Å². The molecule has 4 amide bonds. The molecule has 6 heteroatoms. The van der Waals surface area contributed by atoms with Gasteiger partial charge in [0.05, 0.1) is 6.04 Å². The van der Waals surface area contributed by atoms with Crippen LogP contribution in [0.5, 0.6) is 0 Å². The molecule has 0 aliphatic carbocycles. The monoisotopic (exact) mass is 228 g/mol. The van der Waals surface area contributed by atoms with Crippen molar-refractivity contribution in [2.75, 3.05) is 0 Å². The second kappa shape index (κ2) is 6.92. The Bertz CT molecular complexity index is 278. The number of amides is 4. The molecule has 2 atom stereocenters. The number of nitrogens with two attached hydrogens (primary N) is 1. The van der Waals surface area contributed by atoms with Crippen LogP contribution in [0.1, 0.15) is 40.5 Å². The van der Waals surface area contributed by atoms with Gasteiger partial charge in [0.2, 0.25) is 0 Å². The molecule has 2 N–H and O–H groups in total. The third kappa shape index (κ3) is 4.37. The van der Waals surface area contributed by atoms with Crippen molar-refractivity contribution in [3.63, 3.8) is 0 Å². The minimum atomic E-state index is -0.789. The number of hydrogen-bond donors (Lipinski definition) is 1. The maximum Gasteiger partial charge on any atom is 0.370 e. The van der Waals surface area contributed by atoms with E-state index in [-0.39, 0.29) is 12.1 Å². The van der Waals surface area contributed by atoms with E-state index in [1.807, 2.05) is 20.8 Å². The van der Waals surface area contributed by atoms with Crippen molar-refractivity contribution in [1.29, 1.82) is 0 Å². The number of imide groups is 1. The lowest BCUT2D eigenvalue weighted by Crippen LogP contribution is -2.44. The van der Waals surface area contributed by atoms with Crippen LogP contribution in [-0.4, -0.2) is 29.0 Å². The number of azo groups is 1. The Labute approximate surface area is 95.9 Å². The molecule has 2 unspecified atom stereocenters. The van der Waals surface area contributed by atoms with Crippen LogP contribution < -0.4 is 5.73 Å². The Morgan fingerprint density at radius 1 is 1.25 bits per heavy atom. The predicted molar refractivity (Wildman–Crippen MR) is 61.2 cm³/mol. The molecular weight excluding hydrogens is 208 g/mol. The second-order valence-electron chi connectivity index (χ2n) is 3.72. The molecule has 0 rings (SSSR count). The van der Waals surface area contributed by atoms with E-state index in [1.165, 1.54) is 0 Å². The van der Waals surface area contributed by atoms with Gasteiger partial charge in [-0.25, -0.2) is 14.5 Å². The summed E-state index contributed by atoms with van der Waals surface area (Å²) in [6.07, 6.45) is 1.42. The molecular formula is C10H20N4O2. The smallest absolute Gasteiger partial charge is 0.351 e. The zero-order valence-electron chi connectivity index (χ0n) is 10.3. The maximum atomic E-state index is 11.6. The van der Waals surface area contributed by atoms with Crippen LogP contribution in [0.2, 0.25) is 0 Å². The van der Waals surface area contributed by atoms with Gasteiger partial charge in [-0.15, -0.1) is 0 Å². The molecule has 0 saturated heterocycles. The lowest BCUT2D eigenvalue weighted by Gasteiger charge is -2.21. The van der Waals surface area contributed by atoms with E-state index in [0.717, 1.165) is 11.3 Å². The van der Waals surface area contributed by atoms with E-state index in [1.54, 1.807) is 6.92 Å². The lowest BCUT2D eigenvalue weighted by molar-refractivity contribution is 0.181. The number of nitrogens with zero attached hydrogens (tertiary/aromatic N) is 3. The molecule has 0 aliphatic rings. The first kappa shape index (κ1) is 14.5. The van der Waals surface area contributed by atoms with Crippen molar-refractivity contribution in [1.82, 2.24) is 4.90 Å². The SMILES string of the molecule is CCC(C)N=NC(=O)N(C(N)=O)C(C)CC. The number of carbonyl (C=O) groups excluding carboxylic acids is 2. The van der Waals surface area contributed by atoms with Crippen LogP contribution >= 0.6 is 0 Å². The normalized spacial score (nSPS) is 14.8. The number of hydrogen-bond acceptors (Lipinski definition) is 3. The molecule has 0 aliphatic heterocycles. The zero-order chi connectivity index (χ0) is 12.7. The summed E-state index contributed by atoms with van der Waals surface area (Å²) in [5, 5.41) is 7.29. The van der Waals surface area contributed by atoms with Crippen LogP contribution in [-0.2, 0) is 0 Å². The van der Waals surface area contributed by atoms with Gasteiger partial charge < -0.3 is 5.73 Å². The molecule has 0 fully saturated rings. The Kier molecular flexibility index (Phi) is 6.29. The van der Waals surface area contributed by atoms with Crippen molar-refractivity contribution in [3.05, 3.63) is 0 Å². The summed E-state index contributed by atoms with van der Waals surface area (Å²) in [6, 6.07) is -1.78. The Balaban J connectivity index is 4.64. The molecule has 0 saturated carbocycles. The highest BCUT2D eigenvalue weighted by Crippen LogP contribution is 2.07. The molecule has 0 aromatic carbocycles. The minimum Gasteiger partial charge on any atom is -0.351 e. The molecule has 0 heterocycles. The highest BCUT2D eigenvalue weighted by Gasteiger charge is 2.23. The molecule has 0 aromatic heterocycles. The van der Waals surface area contributed by atoms with Crippen molar-refractivity contribution in [2.24, 2.45) is 16.0 Å². The molecule has 6 nitrogen and oxygen atoms in total. The van der Waals surface area contributed by atoms with Gasteiger partial charge in [-0.3, -0.25) is 0 Å². The second-order valence-corrected chi connectivity index (χ2v) is 3.72. The average molecular weight is 228 g/mol. The average Bonchev–Trinajstić information content (AvgIpc) is 2.25. The van der Waals surface area contributed by atoms with Gasteiger partial charge in [0, 0.05) is 6.04 Å². The quantitative estimate of drug-likeness (QED) is 0.749. The molecule has 0 bridgehead atoms. The highest BCUT2D eigenvalue weighted by atomic mass is 16.2. The fourth-order valence-corrected chi connectivity index (χ4v) is 0.960. The van der Waals surface area contributed by atoms with Gasteiger partial charge in [0.25, 0.3) is 0 Å². The first-order chi connectivity index (χ1) is 7.43. The van der Waals surface area contributed by atoms with Crippen LogP contribution in [0.4, 0.5) is 9.59 Å². The standard InChI is InChI=1S/C10H20N4O2/c1-5-7(3)12-13-10(16)14(9(11)15)8(4)6-2/h7-8H,5-6H2,1-4H3,(H2,11,15). The number of carbonyl (C=O) groups is 2. The molecule has 0 spiro atoms. The van der Waals surface area contributed by atoms with Gasteiger partial charge in [-0.2, -0.15) is 5.11 Å². The summed E-state index contributed by atoms with van der Waals surface area (Å²) in [7, 11) is 0. The fraction of sp³-hybridized carbons (Fsp3) is 0.800. The largest absolute Gasteiger partial charge is 0.370 e. The van der Waals surface area contributed by atoms with Gasteiger partial charge >= 0.3 is 12.1 Å². The molecule has 0 aromatic rings. The Hall–Kier alpha value is -1.46. The fourth-order valence-electron chi connectivity index (χ4n) is 0.960. The predicted octanol–water partition coefficient (Wildman–Crippen LogP) is 2.54. The van der Waals surface area contributed by atoms with Crippen LogP contribution in [0, 0.1) is 0 Å². The van der Waals surface area contributed by atoms with Crippen LogP contribution in [0.3, 0.4) is 0 Å². The summed E-state index contributed by atoms with van der Waals surface area (Å²) in [5.41, 5.74) is 5.12. The van der Waals surface area contributed by atoms with E-state index in [4.69, 9.17) is 5.73 Å². The van der Waals surface area contributed by atoms with E-state index in [0.29, 0.717) is 6.42 Å². The van der Waals surface area contributed by atoms with E-state index >= 15 is 0 Å². The van der Waals surface area contributed by atoms with Crippen molar-refractivity contribution < 1.29 is 9.59 Å². The third-order valence-electron chi connectivity index (χ3n) is 2.41. The number of primary amides is 1. The minimum absolute atomic E-state index is 0.0318. The molecule has 16 heavy (non-hydrogen) atoms. The van der Waals surface area contributed by atoms with Gasteiger partial charge in [0.1, 0.15) is 0 Å². The van der Waals surface area contributed by atoms with Crippen molar-refractivity contribution in [3.8, 4) is 0 Å². The summed E-state index contributed by atoms with van der Waals surface area (Å²) in [6.45, 7) is 7.38. The Morgan fingerprint density at radius 3 is 2.19 bits per heavy atom. The first-order valence-electron chi connectivity index (χ1n) is 5.47. The van der Waals surface area contributed by atoms with Gasteiger partial charge in [-0.05, 0) is 26.7 Å². The topological polar surface area (TPSA) is 88.1 Å². The van der Waals surface area contributed by atoms with Crippen LogP contribution in [0.25, 0.3) is 0 Å². The Morgan fingerprint density at radius 2 is 1.81 bits per heavy atom. The first-order valence-corrected chi connectivity index (χ1v) is 5.47. The van der Waals surface area contributed by atoms with E-state index < -0.39 is 12.1 Å². The van der Waals surface area contributed by atoms with Crippen LogP contribution in [0.15, 0.2) is 10.2 Å². The summed E-state index contributed by atoms with van der Waals surface area (Å²) in [5.74, 6) is 0. The number of rotatable bonds is 4. The van der Waals surface area contributed by atoms with Gasteiger partial charge in [0.15, 0.2) is 0 Å². The highest BCUT2D eigenvalue weighted by molar-refractivity contribution is 5.93.